The fraction of sp³-hybridized carbons (Fsp3) is 0.188. The van der Waals surface area contributed by atoms with Crippen molar-refractivity contribution in [2.24, 2.45) is 0 Å². The van der Waals surface area contributed by atoms with Gasteiger partial charge >= 0.3 is 0 Å². The Bertz CT molecular complexity index is 741. The lowest BCUT2D eigenvalue weighted by Gasteiger charge is -2.07. The smallest absolute Gasteiger partial charge is 0.124 e. The van der Waals surface area contributed by atoms with Gasteiger partial charge in [0.25, 0.3) is 0 Å². The number of hydrogen-bond acceptors (Lipinski definition) is 2. The standard InChI is InChI=1S/C16H12FNS/c17-12-5-3-10(4-6-12)14-9-15(11-1-2-11)18-16-13(14)7-8-19-16/h3-9,11H,1-2H2. The summed E-state index contributed by atoms with van der Waals surface area (Å²) >= 11 is 1.67. The van der Waals surface area contributed by atoms with E-state index in [1.54, 1.807) is 11.3 Å². The maximum absolute atomic E-state index is 13.1. The number of halogens is 1. The lowest BCUT2D eigenvalue weighted by atomic mass is 10.0. The third-order valence-electron chi connectivity index (χ3n) is 3.61. The summed E-state index contributed by atoms with van der Waals surface area (Å²) in [6, 6.07) is 11.0. The van der Waals surface area contributed by atoms with Crippen molar-refractivity contribution in [2.45, 2.75) is 18.8 Å². The monoisotopic (exact) mass is 269 g/mol. The van der Waals surface area contributed by atoms with Crippen LogP contribution in [0.5, 0.6) is 0 Å². The van der Waals surface area contributed by atoms with Crippen LogP contribution in [0, 0.1) is 5.82 Å². The Balaban J connectivity index is 1.95. The lowest BCUT2D eigenvalue weighted by molar-refractivity contribution is 0.628. The summed E-state index contributed by atoms with van der Waals surface area (Å²) in [6.45, 7) is 0. The van der Waals surface area contributed by atoms with Crippen molar-refractivity contribution in [3.05, 3.63) is 53.3 Å². The number of nitrogens with zero attached hydrogens (tertiary/aromatic N) is 1. The first-order chi connectivity index (χ1) is 9.31. The predicted octanol–water partition coefficient (Wildman–Crippen LogP) is 4.98. The Morgan fingerprint density at radius 2 is 1.89 bits per heavy atom. The number of hydrogen-bond donors (Lipinski definition) is 0. The number of fused-ring (bicyclic) bond motifs is 1. The summed E-state index contributed by atoms with van der Waals surface area (Å²) in [7, 11) is 0. The molecule has 94 valence electrons. The van der Waals surface area contributed by atoms with Crippen molar-refractivity contribution in [2.75, 3.05) is 0 Å². The Morgan fingerprint density at radius 1 is 1.11 bits per heavy atom. The maximum atomic E-state index is 13.1. The molecule has 2 aromatic heterocycles. The van der Waals surface area contributed by atoms with E-state index in [-0.39, 0.29) is 5.82 Å². The van der Waals surface area contributed by atoms with Crippen molar-refractivity contribution in [1.82, 2.24) is 4.98 Å². The third kappa shape index (κ3) is 1.94. The zero-order valence-corrected chi connectivity index (χ0v) is 11.1. The van der Waals surface area contributed by atoms with E-state index in [9.17, 15) is 4.39 Å². The molecule has 0 unspecified atom stereocenters. The molecule has 0 amide bonds. The molecule has 1 saturated carbocycles. The highest BCUT2D eigenvalue weighted by Gasteiger charge is 2.26. The lowest BCUT2D eigenvalue weighted by Crippen LogP contribution is -1.89. The summed E-state index contributed by atoms with van der Waals surface area (Å²) in [4.78, 5) is 5.83. The van der Waals surface area contributed by atoms with Crippen molar-refractivity contribution in [1.29, 1.82) is 0 Å². The summed E-state index contributed by atoms with van der Waals surface area (Å²) in [5, 5.41) is 3.24. The topological polar surface area (TPSA) is 12.9 Å². The fourth-order valence-corrected chi connectivity index (χ4v) is 3.22. The summed E-state index contributed by atoms with van der Waals surface area (Å²) in [5.41, 5.74) is 3.43. The molecule has 3 heteroatoms. The van der Waals surface area contributed by atoms with Gasteiger partial charge in [-0.2, -0.15) is 0 Å². The van der Waals surface area contributed by atoms with Gasteiger partial charge in [0.2, 0.25) is 0 Å². The van der Waals surface area contributed by atoms with E-state index < -0.39 is 0 Å². The molecule has 0 atom stereocenters. The van der Waals surface area contributed by atoms with E-state index in [2.05, 4.69) is 17.5 Å². The third-order valence-corrected chi connectivity index (χ3v) is 4.42. The van der Waals surface area contributed by atoms with Crippen LogP contribution in [0.25, 0.3) is 21.3 Å². The minimum Gasteiger partial charge on any atom is -0.242 e. The van der Waals surface area contributed by atoms with Gasteiger partial charge in [0, 0.05) is 17.0 Å². The minimum atomic E-state index is -0.193. The van der Waals surface area contributed by atoms with E-state index >= 15 is 0 Å². The Morgan fingerprint density at radius 3 is 2.63 bits per heavy atom. The Hall–Kier alpha value is -1.74. The average Bonchev–Trinajstić information content (AvgIpc) is 3.17. The van der Waals surface area contributed by atoms with E-state index in [0.717, 1.165) is 10.4 Å². The number of pyridine rings is 1. The van der Waals surface area contributed by atoms with Gasteiger partial charge in [-0.15, -0.1) is 11.3 Å². The zero-order valence-electron chi connectivity index (χ0n) is 10.3. The summed E-state index contributed by atoms with van der Waals surface area (Å²) in [5.74, 6) is 0.437. The molecule has 0 spiro atoms. The van der Waals surface area contributed by atoms with Gasteiger partial charge in [0.1, 0.15) is 10.6 Å². The zero-order chi connectivity index (χ0) is 12.8. The first-order valence-electron chi connectivity index (χ1n) is 6.45. The molecule has 3 aromatic rings. The van der Waals surface area contributed by atoms with Crippen LogP contribution in [0.3, 0.4) is 0 Å². The SMILES string of the molecule is Fc1ccc(-c2cc(C3CC3)nc3sccc23)cc1. The minimum absolute atomic E-state index is 0.193. The Labute approximate surface area is 114 Å². The molecule has 1 aliphatic rings. The van der Waals surface area contributed by atoms with Gasteiger partial charge in [-0.1, -0.05) is 12.1 Å². The highest BCUT2D eigenvalue weighted by atomic mass is 32.1. The fourth-order valence-electron chi connectivity index (χ4n) is 2.42. The molecular weight excluding hydrogens is 257 g/mol. The first-order valence-corrected chi connectivity index (χ1v) is 7.33. The van der Waals surface area contributed by atoms with Crippen LogP contribution in [-0.4, -0.2) is 4.98 Å². The van der Waals surface area contributed by atoms with E-state index in [4.69, 9.17) is 4.98 Å². The number of thiophene rings is 1. The van der Waals surface area contributed by atoms with E-state index in [1.165, 1.54) is 41.6 Å². The second-order valence-electron chi connectivity index (χ2n) is 5.02. The highest BCUT2D eigenvalue weighted by Crippen LogP contribution is 2.42. The van der Waals surface area contributed by atoms with Crippen molar-refractivity contribution >= 4 is 21.6 Å². The van der Waals surface area contributed by atoms with Gasteiger partial charge in [-0.3, -0.25) is 0 Å². The molecule has 1 nitrogen and oxygen atoms in total. The second-order valence-corrected chi connectivity index (χ2v) is 5.91. The van der Waals surface area contributed by atoms with Crippen LogP contribution in [0.1, 0.15) is 24.5 Å². The number of aromatic nitrogens is 1. The molecule has 2 heterocycles. The second kappa shape index (κ2) is 4.14. The summed E-state index contributed by atoms with van der Waals surface area (Å²) < 4.78 is 13.1. The average molecular weight is 269 g/mol. The van der Waals surface area contributed by atoms with Crippen LogP contribution in [0.2, 0.25) is 0 Å². The molecule has 1 aromatic carbocycles. The number of rotatable bonds is 2. The van der Waals surface area contributed by atoms with Gasteiger partial charge < -0.3 is 0 Å². The van der Waals surface area contributed by atoms with Crippen LogP contribution in [-0.2, 0) is 0 Å². The van der Waals surface area contributed by atoms with Crippen LogP contribution >= 0.6 is 11.3 Å². The molecule has 1 aliphatic carbocycles. The summed E-state index contributed by atoms with van der Waals surface area (Å²) in [6.07, 6.45) is 2.49. The van der Waals surface area contributed by atoms with Crippen LogP contribution in [0.4, 0.5) is 4.39 Å². The normalized spacial score (nSPS) is 15.0. The largest absolute Gasteiger partial charge is 0.242 e. The van der Waals surface area contributed by atoms with Gasteiger partial charge in [-0.05, 0) is 53.6 Å². The van der Waals surface area contributed by atoms with Crippen LogP contribution in [0.15, 0.2) is 41.8 Å². The van der Waals surface area contributed by atoms with Crippen molar-refractivity contribution in [3.8, 4) is 11.1 Å². The van der Waals surface area contributed by atoms with Gasteiger partial charge in [-0.25, -0.2) is 9.37 Å². The molecule has 0 aliphatic heterocycles. The molecule has 4 rings (SSSR count). The molecule has 0 bridgehead atoms. The molecule has 19 heavy (non-hydrogen) atoms. The molecule has 0 radical (unpaired) electrons. The van der Waals surface area contributed by atoms with Crippen LogP contribution < -0.4 is 0 Å². The molecular formula is C16H12FNS. The van der Waals surface area contributed by atoms with E-state index in [1.807, 2.05) is 12.1 Å². The van der Waals surface area contributed by atoms with Gasteiger partial charge in [0.15, 0.2) is 0 Å². The highest BCUT2D eigenvalue weighted by molar-refractivity contribution is 7.16. The number of benzene rings is 1. The molecule has 0 saturated heterocycles. The predicted molar refractivity (Wildman–Crippen MR) is 77.0 cm³/mol. The quantitative estimate of drug-likeness (QED) is 0.639. The van der Waals surface area contributed by atoms with Crippen molar-refractivity contribution in [3.63, 3.8) is 0 Å². The molecule has 0 N–H and O–H groups in total. The molecule has 1 fully saturated rings. The Kier molecular flexibility index (Phi) is 2.42. The van der Waals surface area contributed by atoms with Crippen molar-refractivity contribution < 1.29 is 4.39 Å². The maximum Gasteiger partial charge on any atom is 0.124 e. The first kappa shape index (κ1) is 11.1. The van der Waals surface area contributed by atoms with Gasteiger partial charge in [0.05, 0.1) is 0 Å². The van der Waals surface area contributed by atoms with E-state index in [0.29, 0.717) is 5.92 Å².